The minimum absolute atomic E-state index is 0.215. The zero-order valence-corrected chi connectivity index (χ0v) is 13.4. The number of urea groups is 1. The highest BCUT2D eigenvalue weighted by Crippen LogP contribution is 2.15. The summed E-state index contributed by atoms with van der Waals surface area (Å²) in [5, 5.41) is 6.36. The summed E-state index contributed by atoms with van der Waals surface area (Å²) in [5.74, 6) is 0.729. The van der Waals surface area contributed by atoms with E-state index in [9.17, 15) is 4.79 Å². The van der Waals surface area contributed by atoms with Gasteiger partial charge in [-0.1, -0.05) is 35.9 Å². The van der Waals surface area contributed by atoms with E-state index in [0.29, 0.717) is 11.6 Å². The molecule has 3 rings (SSSR count). The summed E-state index contributed by atoms with van der Waals surface area (Å²) < 4.78 is 0. The Morgan fingerprint density at radius 1 is 1.22 bits per heavy atom. The molecule has 23 heavy (non-hydrogen) atoms. The number of H-pyrrole nitrogens is 1. The van der Waals surface area contributed by atoms with E-state index in [1.807, 2.05) is 43.3 Å². The fourth-order valence-electron chi connectivity index (χ4n) is 2.28. The second kappa shape index (κ2) is 6.71. The monoisotopic (exact) mass is 328 g/mol. The van der Waals surface area contributed by atoms with Crippen molar-refractivity contribution in [3.05, 3.63) is 64.9 Å². The van der Waals surface area contributed by atoms with Crippen LogP contribution in [-0.4, -0.2) is 16.0 Å². The molecule has 0 saturated heterocycles. The molecule has 0 saturated carbocycles. The van der Waals surface area contributed by atoms with Crippen LogP contribution in [0.25, 0.3) is 11.0 Å². The molecule has 118 valence electrons. The van der Waals surface area contributed by atoms with Crippen LogP contribution in [0.3, 0.4) is 0 Å². The minimum Gasteiger partial charge on any atom is -0.340 e. The minimum atomic E-state index is -0.243. The average molecular weight is 329 g/mol. The van der Waals surface area contributed by atoms with Crippen LogP contribution >= 0.6 is 11.6 Å². The van der Waals surface area contributed by atoms with E-state index >= 15 is 0 Å². The van der Waals surface area contributed by atoms with E-state index in [0.717, 1.165) is 22.4 Å². The Labute approximate surface area is 139 Å². The van der Waals surface area contributed by atoms with Crippen molar-refractivity contribution in [2.75, 3.05) is 0 Å². The van der Waals surface area contributed by atoms with Crippen LogP contribution in [0.1, 0.15) is 24.4 Å². The van der Waals surface area contributed by atoms with Crippen molar-refractivity contribution in [2.45, 2.75) is 19.5 Å². The van der Waals surface area contributed by atoms with Crippen LogP contribution in [0.4, 0.5) is 4.79 Å². The van der Waals surface area contributed by atoms with Gasteiger partial charge in [-0.25, -0.2) is 9.78 Å². The van der Waals surface area contributed by atoms with Gasteiger partial charge in [-0.2, -0.15) is 0 Å². The quantitative estimate of drug-likeness (QED) is 0.682. The number of carbonyl (C=O) groups excluding carboxylic acids is 1. The van der Waals surface area contributed by atoms with Gasteiger partial charge in [0, 0.05) is 11.6 Å². The van der Waals surface area contributed by atoms with E-state index in [1.54, 1.807) is 12.1 Å². The molecule has 3 aromatic rings. The van der Waals surface area contributed by atoms with Crippen molar-refractivity contribution < 1.29 is 4.79 Å². The first kappa shape index (κ1) is 15.4. The summed E-state index contributed by atoms with van der Waals surface area (Å²) in [5.41, 5.74) is 2.83. The fraction of sp³-hybridized carbons (Fsp3) is 0.176. The van der Waals surface area contributed by atoms with Gasteiger partial charge < -0.3 is 15.6 Å². The number of hydrogen-bond acceptors (Lipinski definition) is 2. The first-order chi connectivity index (χ1) is 11.1. The largest absolute Gasteiger partial charge is 0.340 e. The molecule has 0 aliphatic heterocycles. The Morgan fingerprint density at radius 2 is 1.96 bits per heavy atom. The molecule has 1 unspecified atom stereocenters. The number of imidazole rings is 1. The molecule has 1 aromatic heterocycles. The molecular formula is C17H17ClN4O. The lowest BCUT2D eigenvalue weighted by molar-refractivity contribution is 0.237. The highest BCUT2D eigenvalue weighted by atomic mass is 35.5. The maximum absolute atomic E-state index is 12.0. The number of rotatable bonds is 4. The number of aromatic nitrogens is 2. The van der Waals surface area contributed by atoms with Crippen LogP contribution in [0, 0.1) is 0 Å². The maximum Gasteiger partial charge on any atom is 0.315 e. The molecule has 1 heterocycles. The van der Waals surface area contributed by atoms with Crippen LogP contribution < -0.4 is 10.6 Å². The Bertz CT molecular complexity index is 780. The van der Waals surface area contributed by atoms with E-state index in [-0.39, 0.29) is 12.1 Å². The number of halogens is 1. The average Bonchev–Trinajstić information content (AvgIpc) is 2.98. The second-order valence-electron chi connectivity index (χ2n) is 5.31. The van der Waals surface area contributed by atoms with Gasteiger partial charge in [0.2, 0.25) is 0 Å². The summed E-state index contributed by atoms with van der Waals surface area (Å²) in [7, 11) is 0. The molecule has 0 radical (unpaired) electrons. The van der Waals surface area contributed by atoms with Gasteiger partial charge in [0.05, 0.1) is 17.1 Å². The fourth-order valence-corrected chi connectivity index (χ4v) is 2.40. The van der Waals surface area contributed by atoms with Crippen molar-refractivity contribution in [2.24, 2.45) is 0 Å². The second-order valence-corrected chi connectivity index (χ2v) is 5.75. The molecule has 6 heteroatoms. The Kier molecular flexibility index (Phi) is 4.48. The topological polar surface area (TPSA) is 69.8 Å². The van der Waals surface area contributed by atoms with Crippen molar-refractivity contribution in [1.29, 1.82) is 0 Å². The number of para-hydroxylation sites is 2. The molecule has 0 bridgehead atoms. The van der Waals surface area contributed by atoms with Gasteiger partial charge >= 0.3 is 6.03 Å². The number of amides is 2. The maximum atomic E-state index is 12.0. The number of carbonyl (C=O) groups is 1. The first-order valence-electron chi connectivity index (χ1n) is 7.35. The number of aromatic amines is 1. The Hall–Kier alpha value is -2.53. The van der Waals surface area contributed by atoms with Gasteiger partial charge in [0.1, 0.15) is 5.82 Å². The highest BCUT2D eigenvalue weighted by molar-refractivity contribution is 6.30. The number of benzene rings is 2. The molecule has 2 amide bonds. The zero-order valence-electron chi connectivity index (χ0n) is 12.6. The van der Waals surface area contributed by atoms with E-state index in [1.165, 1.54) is 0 Å². The molecule has 2 aromatic carbocycles. The first-order valence-corrected chi connectivity index (χ1v) is 7.73. The Balaban J connectivity index is 1.57. The van der Waals surface area contributed by atoms with Gasteiger partial charge in [0.25, 0.3) is 0 Å². The summed E-state index contributed by atoms with van der Waals surface area (Å²) in [6, 6.07) is 14.7. The molecule has 5 nitrogen and oxygen atoms in total. The molecular weight excluding hydrogens is 312 g/mol. The summed E-state index contributed by atoms with van der Waals surface area (Å²) in [6.45, 7) is 2.33. The predicted molar refractivity (Wildman–Crippen MR) is 91.3 cm³/mol. The lowest BCUT2D eigenvalue weighted by Crippen LogP contribution is -2.36. The van der Waals surface area contributed by atoms with Crippen molar-refractivity contribution >= 4 is 28.7 Å². The van der Waals surface area contributed by atoms with Gasteiger partial charge in [-0.15, -0.1) is 0 Å². The normalized spacial score (nSPS) is 12.1. The number of nitrogens with zero attached hydrogens (tertiary/aromatic N) is 1. The highest BCUT2D eigenvalue weighted by Gasteiger charge is 2.13. The van der Waals surface area contributed by atoms with E-state index in [2.05, 4.69) is 20.6 Å². The van der Waals surface area contributed by atoms with Crippen LogP contribution in [0.15, 0.2) is 48.5 Å². The van der Waals surface area contributed by atoms with Crippen LogP contribution in [0.5, 0.6) is 0 Å². The van der Waals surface area contributed by atoms with Crippen molar-refractivity contribution in [3.63, 3.8) is 0 Å². The third kappa shape index (κ3) is 3.81. The van der Waals surface area contributed by atoms with Crippen LogP contribution in [-0.2, 0) is 6.54 Å². The Morgan fingerprint density at radius 3 is 2.70 bits per heavy atom. The van der Waals surface area contributed by atoms with Gasteiger partial charge in [-0.3, -0.25) is 0 Å². The third-order valence-electron chi connectivity index (χ3n) is 3.53. The van der Waals surface area contributed by atoms with E-state index in [4.69, 9.17) is 11.6 Å². The molecule has 3 N–H and O–H groups in total. The number of hydrogen-bond donors (Lipinski definition) is 3. The van der Waals surface area contributed by atoms with Crippen LogP contribution in [0.2, 0.25) is 5.02 Å². The molecule has 0 fully saturated rings. The molecule has 1 atom stereocenters. The SMILES string of the molecule is CC(NC(=O)NCc1ccc(Cl)cc1)c1nc2ccccc2[nH]1. The number of fused-ring (bicyclic) bond motifs is 1. The summed E-state index contributed by atoms with van der Waals surface area (Å²) in [4.78, 5) is 19.7. The molecule has 0 aliphatic carbocycles. The van der Waals surface area contributed by atoms with E-state index < -0.39 is 0 Å². The van der Waals surface area contributed by atoms with Gasteiger partial charge in [-0.05, 0) is 36.8 Å². The van der Waals surface area contributed by atoms with Crippen molar-refractivity contribution in [3.8, 4) is 0 Å². The summed E-state index contributed by atoms with van der Waals surface area (Å²) >= 11 is 5.83. The third-order valence-corrected chi connectivity index (χ3v) is 3.78. The lowest BCUT2D eigenvalue weighted by Gasteiger charge is -2.12. The number of nitrogens with one attached hydrogen (secondary N) is 3. The predicted octanol–water partition coefficient (Wildman–Crippen LogP) is 3.78. The lowest BCUT2D eigenvalue weighted by atomic mass is 10.2. The molecule has 0 aliphatic rings. The molecule has 0 spiro atoms. The summed E-state index contributed by atoms with van der Waals surface area (Å²) in [6.07, 6.45) is 0. The standard InChI is InChI=1S/C17H17ClN4O/c1-11(16-21-14-4-2-3-5-15(14)22-16)20-17(23)19-10-12-6-8-13(18)9-7-12/h2-9,11H,10H2,1H3,(H,21,22)(H2,19,20,23). The zero-order chi connectivity index (χ0) is 16.2. The smallest absolute Gasteiger partial charge is 0.315 e. The van der Waals surface area contributed by atoms with Gasteiger partial charge in [0.15, 0.2) is 0 Å². The van der Waals surface area contributed by atoms with Crippen molar-refractivity contribution in [1.82, 2.24) is 20.6 Å².